The van der Waals surface area contributed by atoms with Crippen LogP contribution in [0.2, 0.25) is 0 Å². The van der Waals surface area contributed by atoms with Gasteiger partial charge in [-0.15, -0.1) is 10.2 Å². The smallest absolute Gasteiger partial charge is 0.405 e. The van der Waals surface area contributed by atoms with Crippen molar-refractivity contribution in [3.63, 3.8) is 0 Å². The van der Waals surface area contributed by atoms with Crippen LogP contribution in [0.15, 0.2) is 18.2 Å². The summed E-state index contributed by atoms with van der Waals surface area (Å²) in [6, 6.07) is 5.20. The van der Waals surface area contributed by atoms with Gasteiger partial charge >= 0.3 is 6.09 Å². The van der Waals surface area contributed by atoms with Crippen molar-refractivity contribution >= 4 is 6.09 Å². The summed E-state index contributed by atoms with van der Waals surface area (Å²) >= 11 is 0. The van der Waals surface area contributed by atoms with Gasteiger partial charge in [-0.3, -0.25) is 0 Å². The van der Waals surface area contributed by atoms with E-state index in [0.717, 1.165) is 23.3 Å². The first-order chi connectivity index (χ1) is 11.2. The van der Waals surface area contributed by atoms with Crippen molar-refractivity contribution in [2.75, 3.05) is 13.2 Å². The number of amides is 1. The van der Waals surface area contributed by atoms with Gasteiger partial charge in [-0.05, 0) is 22.4 Å². The van der Waals surface area contributed by atoms with Crippen molar-refractivity contribution in [1.29, 1.82) is 0 Å². The van der Waals surface area contributed by atoms with Gasteiger partial charge < -0.3 is 20.3 Å². The molecule has 0 fully saturated rings. The number of benzene rings is 1. The first-order valence-corrected chi connectivity index (χ1v) is 7.28. The first kappa shape index (κ1) is 15.2. The van der Waals surface area contributed by atoms with Crippen molar-refractivity contribution in [3.05, 3.63) is 35.2 Å². The van der Waals surface area contributed by atoms with Crippen LogP contribution in [-0.4, -0.2) is 49.7 Å². The van der Waals surface area contributed by atoms with E-state index in [4.69, 9.17) is 14.9 Å². The maximum atomic E-state index is 11.0. The van der Waals surface area contributed by atoms with Crippen molar-refractivity contribution in [3.8, 4) is 5.75 Å². The number of nitrogens with one attached hydrogen (secondary N) is 1. The van der Waals surface area contributed by atoms with Crippen molar-refractivity contribution in [2.45, 2.75) is 25.4 Å². The number of carbonyl (C=O) groups is 1. The monoisotopic (exact) mass is 319 g/mol. The molecule has 2 heterocycles. The normalized spacial score (nSPS) is 14.1. The Morgan fingerprint density at radius 2 is 2.35 bits per heavy atom. The Hall–Kier alpha value is -2.68. The Kier molecular flexibility index (Phi) is 4.38. The van der Waals surface area contributed by atoms with Gasteiger partial charge in [-0.25, -0.2) is 4.79 Å². The number of hydrogen-bond donors (Lipinski definition) is 3. The van der Waals surface area contributed by atoms with Crippen LogP contribution < -0.4 is 10.1 Å². The maximum Gasteiger partial charge on any atom is 0.405 e. The molecule has 1 atom stereocenters. The fraction of sp³-hybridized carbons (Fsp3) is 0.429. The van der Waals surface area contributed by atoms with Crippen molar-refractivity contribution in [1.82, 2.24) is 25.5 Å². The van der Waals surface area contributed by atoms with Crippen LogP contribution in [0.1, 0.15) is 23.0 Å². The molecule has 2 aromatic rings. The summed E-state index contributed by atoms with van der Waals surface area (Å²) in [5.74, 6) is 1.15. The molecule has 0 aliphatic carbocycles. The predicted octanol–water partition coefficient (Wildman–Crippen LogP) is 0.152. The third-order valence-corrected chi connectivity index (χ3v) is 3.57. The standard InChI is InChI=1S/C14H17N5O4/c20-5-4-19-17-13(16-18-19)11(15-14(21)22)8-9-1-2-12-10(7-9)3-6-23-12/h1-2,7,11,15,20H,3-6,8H2,(H,21,22). The summed E-state index contributed by atoms with van der Waals surface area (Å²) in [5, 5.41) is 32.1. The third-order valence-electron chi connectivity index (χ3n) is 3.57. The minimum atomic E-state index is -1.15. The van der Waals surface area contributed by atoms with E-state index in [2.05, 4.69) is 20.7 Å². The number of hydrogen-bond acceptors (Lipinski definition) is 6. The Balaban J connectivity index is 1.79. The third kappa shape index (κ3) is 3.57. The van der Waals surface area contributed by atoms with Gasteiger partial charge in [-0.2, -0.15) is 4.80 Å². The van der Waals surface area contributed by atoms with E-state index in [0.29, 0.717) is 13.0 Å². The summed E-state index contributed by atoms with van der Waals surface area (Å²) in [7, 11) is 0. The van der Waals surface area contributed by atoms with Gasteiger partial charge in [0.1, 0.15) is 11.8 Å². The van der Waals surface area contributed by atoms with Crippen LogP contribution in [0.3, 0.4) is 0 Å². The molecule has 0 saturated carbocycles. The lowest BCUT2D eigenvalue weighted by atomic mass is 10.0. The number of aliphatic hydroxyl groups is 1. The number of carboxylic acid groups (broad SMARTS) is 1. The fourth-order valence-corrected chi connectivity index (χ4v) is 2.54. The van der Waals surface area contributed by atoms with Crippen molar-refractivity contribution < 1.29 is 19.7 Å². The van der Waals surface area contributed by atoms with Gasteiger partial charge in [0.2, 0.25) is 0 Å². The fourth-order valence-electron chi connectivity index (χ4n) is 2.54. The van der Waals surface area contributed by atoms with Crippen LogP contribution in [0.25, 0.3) is 0 Å². The molecule has 3 rings (SSSR count). The van der Waals surface area contributed by atoms with E-state index >= 15 is 0 Å². The van der Waals surface area contributed by atoms with Gasteiger partial charge in [0.25, 0.3) is 0 Å². The van der Waals surface area contributed by atoms with Crippen LogP contribution in [0.4, 0.5) is 4.79 Å². The maximum absolute atomic E-state index is 11.0. The number of tetrazole rings is 1. The first-order valence-electron chi connectivity index (χ1n) is 7.28. The second kappa shape index (κ2) is 6.61. The molecule has 0 bridgehead atoms. The number of ether oxygens (including phenoxy) is 1. The molecule has 3 N–H and O–H groups in total. The minimum Gasteiger partial charge on any atom is -0.493 e. The van der Waals surface area contributed by atoms with E-state index in [9.17, 15) is 4.79 Å². The van der Waals surface area contributed by atoms with Crippen LogP contribution in [-0.2, 0) is 19.4 Å². The SMILES string of the molecule is O=C(O)NC(Cc1ccc2c(c1)CCO2)c1nnn(CCO)n1. The molecule has 9 nitrogen and oxygen atoms in total. The van der Waals surface area contributed by atoms with E-state index in [1.807, 2.05) is 18.2 Å². The number of rotatable bonds is 6. The molecule has 1 aromatic carbocycles. The Morgan fingerprint density at radius 3 is 3.13 bits per heavy atom. The summed E-state index contributed by atoms with van der Waals surface area (Å²) in [5.41, 5.74) is 2.08. The summed E-state index contributed by atoms with van der Waals surface area (Å²) in [4.78, 5) is 12.3. The average molecular weight is 319 g/mol. The highest BCUT2D eigenvalue weighted by atomic mass is 16.5. The van der Waals surface area contributed by atoms with Gasteiger partial charge in [0, 0.05) is 12.8 Å². The molecular formula is C14H17N5O4. The molecular weight excluding hydrogens is 302 g/mol. The lowest BCUT2D eigenvalue weighted by Gasteiger charge is -2.13. The van der Waals surface area contributed by atoms with E-state index in [1.165, 1.54) is 4.80 Å². The zero-order valence-corrected chi connectivity index (χ0v) is 12.3. The van der Waals surface area contributed by atoms with E-state index < -0.39 is 12.1 Å². The van der Waals surface area contributed by atoms with Gasteiger partial charge in [0.15, 0.2) is 5.82 Å². The Bertz CT molecular complexity index is 702. The topological polar surface area (TPSA) is 122 Å². The Morgan fingerprint density at radius 1 is 1.48 bits per heavy atom. The molecule has 0 saturated heterocycles. The zero-order chi connectivity index (χ0) is 16.2. The quantitative estimate of drug-likeness (QED) is 0.692. The molecule has 1 amide bonds. The number of nitrogens with zero attached hydrogens (tertiary/aromatic N) is 4. The second-order valence-electron chi connectivity index (χ2n) is 5.21. The molecule has 23 heavy (non-hydrogen) atoms. The molecule has 1 aromatic heterocycles. The van der Waals surface area contributed by atoms with Crippen LogP contribution in [0.5, 0.6) is 5.75 Å². The molecule has 122 valence electrons. The number of aliphatic hydroxyl groups excluding tert-OH is 1. The highest BCUT2D eigenvalue weighted by Gasteiger charge is 2.21. The summed E-state index contributed by atoms with van der Waals surface area (Å²) < 4.78 is 5.47. The lowest BCUT2D eigenvalue weighted by Crippen LogP contribution is -2.29. The van der Waals surface area contributed by atoms with Crippen LogP contribution in [0, 0.1) is 0 Å². The largest absolute Gasteiger partial charge is 0.493 e. The minimum absolute atomic E-state index is 0.113. The average Bonchev–Trinajstić information content (AvgIpc) is 3.15. The second-order valence-corrected chi connectivity index (χ2v) is 5.21. The molecule has 1 unspecified atom stereocenters. The molecule has 0 spiro atoms. The van der Waals surface area contributed by atoms with Crippen LogP contribution >= 0.6 is 0 Å². The predicted molar refractivity (Wildman–Crippen MR) is 78.1 cm³/mol. The highest BCUT2D eigenvalue weighted by molar-refractivity contribution is 5.65. The van der Waals surface area contributed by atoms with Gasteiger partial charge in [-0.1, -0.05) is 12.1 Å². The number of aromatic nitrogens is 4. The molecule has 1 aliphatic rings. The van der Waals surface area contributed by atoms with Gasteiger partial charge in [0.05, 0.1) is 19.8 Å². The molecule has 1 aliphatic heterocycles. The van der Waals surface area contributed by atoms with E-state index in [1.54, 1.807) is 0 Å². The lowest BCUT2D eigenvalue weighted by molar-refractivity contribution is 0.189. The molecule has 0 radical (unpaired) electrons. The molecule has 9 heteroatoms. The summed E-state index contributed by atoms with van der Waals surface area (Å²) in [6.07, 6.45) is 0.105. The zero-order valence-electron chi connectivity index (χ0n) is 12.3. The van der Waals surface area contributed by atoms with E-state index in [-0.39, 0.29) is 19.0 Å². The highest BCUT2D eigenvalue weighted by Crippen LogP contribution is 2.27. The Labute approximate surface area is 131 Å². The van der Waals surface area contributed by atoms with Crippen molar-refractivity contribution in [2.24, 2.45) is 0 Å². The summed E-state index contributed by atoms with van der Waals surface area (Å²) in [6.45, 7) is 0.771. The number of fused-ring (bicyclic) bond motifs is 1.